The van der Waals surface area contributed by atoms with Gasteiger partial charge < -0.3 is 19.7 Å². The molecule has 1 N–H and O–H groups in total. The first-order valence-corrected chi connectivity index (χ1v) is 7.55. The van der Waals surface area contributed by atoms with Crippen molar-refractivity contribution in [2.45, 2.75) is 52.6 Å². The van der Waals surface area contributed by atoms with Gasteiger partial charge in [0.15, 0.2) is 11.5 Å². The van der Waals surface area contributed by atoms with Gasteiger partial charge >= 0.3 is 6.03 Å². The van der Waals surface area contributed by atoms with E-state index < -0.39 is 0 Å². The van der Waals surface area contributed by atoms with Gasteiger partial charge in [-0.05, 0) is 38.8 Å². The molecule has 2 amide bonds. The molecule has 0 spiro atoms. The van der Waals surface area contributed by atoms with E-state index in [1.54, 1.807) is 6.07 Å². The van der Waals surface area contributed by atoms with E-state index in [-0.39, 0.29) is 24.9 Å². The predicted octanol–water partition coefficient (Wildman–Crippen LogP) is 3.85. The van der Waals surface area contributed by atoms with E-state index in [1.807, 2.05) is 17.0 Å². The number of nitrogens with one attached hydrogen (secondary N) is 1. The lowest BCUT2D eigenvalue weighted by atomic mass is 10.1. The highest BCUT2D eigenvalue weighted by Crippen LogP contribution is 2.34. The Labute approximate surface area is 126 Å². The Hall–Kier alpha value is -1.91. The highest BCUT2D eigenvalue weighted by molar-refractivity contribution is 5.90. The van der Waals surface area contributed by atoms with Crippen LogP contribution in [0.5, 0.6) is 11.5 Å². The van der Waals surface area contributed by atoms with Crippen molar-refractivity contribution in [2.75, 3.05) is 12.1 Å². The van der Waals surface area contributed by atoms with Gasteiger partial charge in [-0.1, -0.05) is 13.8 Å². The lowest BCUT2D eigenvalue weighted by molar-refractivity contribution is 0.163. The normalized spacial score (nSPS) is 15.4. The van der Waals surface area contributed by atoms with Crippen LogP contribution in [0.2, 0.25) is 0 Å². The van der Waals surface area contributed by atoms with Crippen LogP contribution in [-0.2, 0) is 0 Å². The maximum atomic E-state index is 12.6. The first-order valence-electron chi connectivity index (χ1n) is 7.55. The van der Waals surface area contributed by atoms with E-state index in [0.717, 1.165) is 18.5 Å². The third kappa shape index (κ3) is 3.40. The van der Waals surface area contributed by atoms with Gasteiger partial charge in [-0.15, -0.1) is 0 Å². The minimum atomic E-state index is -0.0717. The summed E-state index contributed by atoms with van der Waals surface area (Å²) in [5.74, 6) is 1.39. The Morgan fingerprint density at radius 2 is 1.81 bits per heavy atom. The average molecular weight is 292 g/mol. The molecule has 1 aliphatic heterocycles. The van der Waals surface area contributed by atoms with Crippen LogP contribution in [0.4, 0.5) is 10.5 Å². The molecule has 0 saturated heterocycles. The largest absolute Gasteiger partial charge is 0.454 e. The highest BCUT2D eigenvalue weighted by Gasteiger charge is 2.24. The molecule has 1 aliphatic rings. The van der Waals surface area contributed by atoms with Crippen molar-refractivity contribution in [3.05, 3.63) is 18.2 Å². The molecule has 2 atom stereocenters. The molecule has 0 saturated carbocycles. The molecule has 0 aliphatic carbocycles. The van der Waals surface area contributed by atoms with Crippen LogP contribution in [0.15, 0.2) is 18.2 Å². The van der Waals surface area contributed by atoms with E-state index >= 15 is 0 Å². The maximum absolute atomic E-state index is 12.6. The second kappa shape index (κ2) is 6.70. The molecule has 2 rings (SSSR count). The number of hydrogen-bond donors (Lipinski definition) is 1. The molecule has 0 radical (unpaired) electrons. The van der Waals surface area contributed by atoms with Gasteiger partial charge in [0.1, 0.15) is 0 Å². The Morgan fingerprint density at radius 3 is 2.43 bits per heavy atom. The van der Waals surface area contributed by atoms with Crippen LogP contribution >= 0.6 is 0 Å². The number of rotatable bonds is 5. The molecule has 0 fully saturated rings. The fraction of sp³-hybridized carbons (Fsp3) is 0.562. The molecule has 1 heterocycles. The van der Waals surface area contributed by atoms with Gasteiger partial charge in [-0.2, -0.15) is 0 Å². The van der Waals surface area contributed by atoms with E-state index in [2.05, 4.69) is 33.0 Å². The molecule has 0 bridgehead atoms. The van der Waals surface area contributed by atoms with E-state index in [9.17, 15) is 4.79 Å². The number of carbonyl (C=O) groups is 1. The lowest BCUT2D eigenvalue weighted by Crippen LogP contribution is -2.46. The fourth-order valence-electron chi connectivity index (χ4n) is 2.39. The van der Waals surface area contributed by atoms with Gasteiger partial charge in [0.2, 0.25) is 6.79 Å². The average Bonchev–Trinajstić information content (AvgIpc) is 2.94. The fourth-order valence-corrected chi connectivity index (χ4v) is 2.39. The van der Waals surface area contributed by atoms with Crippen LogP contribution in [-0.4, -0.2) is 29.8 Å². The standard InChI is InChI=1S/C16H24N2O3/c1-5-11(3)18(12(4)6-2)16(19)17-13-7-8-14-15(9-13)21-10-20-14/h7-9,11-12H,5-6,10H2,1-4H3,(H,17,19)/t11-,12-/m0/s1. The third-order valence-electron chi connectivity index (χ3n) is 3.99. The SMILES string of the molecule is CC[C@H](C)N(C(=O)Nc1ccc2c(c1)OCO2)[C@@H](C)CC. The zero-order valence-corrected chi connectivity index (χ0v) is 13.2. The quantitative estimate of drug-likeness (QED) is 0.897. The van der Waals surface area contributed by atoms with E-state index in [0.29, 0.717) is 11.5 Å². The predicted molar refractivity (Wildman–Crippen MR) is 82.9 cm³/mol. The van der Waals surface area contributed by atoms with Crippen molar-refractivity contribution in [1.29, 1.82) is 0 Å². The Morgan fingerprint density at radius 1 is 1.19 bits per heavy atom. The lowest BCUT2D eigenvalue weighted by Gasteiger charge is -2.33. The molecule has 5 nitrogen and oxygen atoms in total. The summed E-state index contributed by atoms with van der Waals surface area (Å²) in [6.45, 7) is 8.57. The molecule has 1 aromatic carbocycles. The molecule has 0 aromatic heterocycles. The van der Waals surface area contributed by atoms with E-state index in [4.69, 9.17) is 9.47 Å². The van der Waals surface area contributed by atoms with Crippen LogP contribution in [0.25, 0.3) is 0 Å². The summed E-state index contributed by atoms with van der Waals surface area (Å²) in [5, 5.41) is 2.95. The van der Waals surface area contributed by atoms with Crippen molar-refractivity contribution < 1.29 is 14.3 Å². The zero-order chi connectivity index (χ0) is 15.4. The monoisotopic (exact) mass is 292 g/mol. The number of carbonyl (C=O) groups excluding carboxylic acids is 1. The second-order valence-corrected chi connectivity index (χ2v) is 5.42. The minimum absolute atomic E-state index is 0.0717. The van der Waals surface area contributed by atoms with Gasteiger partial charge in [-0.25, -0.2) is 4.79 Å². The third-order valence-corrected chi connectivity index (χ3v) is 3.99. The smallest absolute Gasteiger partial charge is 0.322 e. The van der Waals surface area contributed by atoms with Crippen LogP contribution in [0, 0.1) is 0 Å². The number of urea groups is 1. The van der Waals surface area contributed by atoms with Crippen LogP contribution < -0.4 is 14.8 Å². The Bertz CT molecular complexity index is 494. The molecular weight excluding hydrogens is 268 g/mol. The van der Waals surface area contributed by atoms with Crippen molar-refractivity contribution >= 4 is 11.7 Å². The summed E-state index contributed by atoms with van der Waals surface area (Å²) >= 11 is 0. The van der Waals surface area contributed by atoms with Gasteiger partial charge in [0.05, 0.1) is 0 Å². The summed E-state index contributed by atoms with van der Waals surface area (Å²) < 4.78 is 10.6. The van der Waals surface area contributed by atoms with Crippen molar-refractivity contribution in [2.24, 2.45) is 0 Å². The Kier molecular flexibility index (Phi) is 4.94. The zero-order valence-electron chi connectivity index (χ0n) is 13.2. The highest BCUT2D eigenvalue weighted by atomic mass is 16.7. The van der Waals surface area contributed by atoms with Crippen LogP contribution in [0.1, 0.15) is 40.5 Å². The Balaban J connectivity index is 2.11. The molecule has 5 heteroatoms. The summed E-state index contributed by atoms with van der Waals surface area (Å²) in [6.07, 6.45) is 1.86. The van der Waals surface area contributed by atoms with E-state index in [1.165, 1.54) is 0 Å². The number of fused-ring (bicyclic) bond motifs is 1. The molecule has 1 aromatic rings. The first kappa shape index (κ1) is 15.5. The number of amides is 2. The summed E-state index contributed by atoms with van der Waals surface area (Å²) in [7, 11) is 0. The van der Waals surface area contributed by atoms with Crippen molar-refractivity contribution in [3.8, 4) is 11.5 Å². The van der Waals surface area contributed by atoms with Crippen LogP contribution in [0.3, 0.4) is 0 Å². The molecule has 116 valence electrons. The summed E-state index contributed by atoms with van der Waals surface area (Å²) in [6, 6.07) is 5.78. The summed E-state index contributed by atoms with van der Waals surface area (Å²) in [5.41, 5.74) is 0.723. The number of hydrogen-bond acceptors (Lipinski definition) is 3. The number of benzene rings is 1. The second-order valence-electron chi connectivity index (χ2n) is 5.42. The van der Waals surface area contributed by atoms with Gasteiger partial charge in [0.25, 0.3) is 0 Å². The molecular formula is C16H24N2O3. The molecule has 21 heavy (non-hydrogen) atoms. The van der Waals surface area contributed by atoms with Gasteiger partial charge in [-0.3, -0.25) is 0 Å². The summed E-state index contributed by atoms with van der Waals surface area (Å²) in [4.78, 5) is 14.5. The maximum Gasteiger partial charge on any atom is 0.322 e. The topological polar surface area (TPSA) is 50.8 Å². The van der Waals surface area contributed by atoms with Crippen molar-refractivity contribution in [3.63, 3.8) is 0 Å². The first-order chi connectivity index (χ1) is 10.1. The van der Waals surface area contributed by atoms with Gasteiger partial charge in [0, 0.05) is 23.8 Å². The minimum Gasteiger partial charge on any atom is -0.454 e. The number of nitrogens with zero attached hydrogens (tertiary/aromatic N) is 1. The van der Waals surface area contributed by atoms with Crippen molar-refractivity contribution in [1.82, 2.24) is 4.90 Å². The number of ether oxygens (including phenoxy) is 2. The number of anilines is 1. The molecule has 0 unspecified atom stereocenters.